The van der Waals surface area contributed by atoms with E-state index in [2.05, 4.69) is 39.0 Å². The molecule has 0 amide bonds. The van der Waals surface area contributed by atoms with Gasteiger partial charge in [0.05, 0.1) is 18.4 Å². The number of nitrogens with zero attached hydrogens (tertiary/aromatic N) is 1. The minimum absolute atomic E-state index is 0.479. The molecular weight excluding hydrogens is 330 g/mol. The average Bonchev–Trinajstić information content (AvgIpc) is 2.69. The Kier molecular flexibility index (Phi) is 4.17. The Labute approximate surface area is 133 Å². The molecule has 2 aromatic rings. The summed E-state index contributed by atoms with van der Waals surface area (Å²) in [6, 6.07) is 14.2. The highest BCUT2D eigenvalue weighted by Gasteiger charge is 2.18. The van der Waals surface area contributed by atoms with Crippen LogP contribution in [-0.2, 0) is 0 Å². The van der Waals surface area contributed by atoms with Crippen molar-refractivity contribution in [3.05, 3.63) is 52.5 Å². The number of anilines is 2. The van der Waals surface area contributed by atoms with Gasteiger partial charge in [-0.25, -0.2) is 0 Å². The van der Waals surface area contributed by atoms with E-state index in [0.29, 0.717) is 0 Å². The van der Waals surface area contributed by atoms with Gasteiger partial charge in [0.25, 0.3) is 0 Å². The number of hydrogen-bond donors (Lipinski definition) is 1. The zero-order chi connectivity index (χ0) is 14.8. The summed E-state index contributed by atoms with van der Waals surface area (Å²) in [5.41, 5.74) is 3.09. The summed E-state index contributed by atoms with van der Waals surface area (Å²) in [5, 5.41) is 9.74. The number of aliphatic hydroxyl groups is 1. The molecule has 1 heterocycles. The summed E-state index contributed by atoms with van der Waals surface area (Å²) in [5.74, 6) is 0.922. The van der Waals surface area contributed by atoms with Gasteiger partial charge in [-0.2, -0.15) is 0 Å². The Hall–Kier alpha value is -1.52. The fourth-order valence-electron chi connectivity index (χ4n) is 2.62. The molecule has 1 N–H and O–H groups in total. The quantitative estimate of drug-likeness (QED) is 0.872. The van der Waals surface area contributed by atoms with E-state index >= 15 is 0 Å². The van der Waals surface area contributed by atoms with E-state index in [4.69, 9.17) is 4.74 Å². The fraction of sp³-hybridized carbons (Fsp3) is 0.294. The van der Waals surface area contributed by atoms with Crippen LogP contribution in [0, 0.1) is 0 Å². The maximum atomic E-state index is 9.74. The minimum Gasteiger partial charge on any atom is -0.491 e. The highest BCUT2D eigenvalue weighted by molar-refractivity contribution is 9.10. The normalized spacial score (nSPS) is 15.9. The van der Waals surface area contributed by atoms with Crippen molar-refractivity contribution in [2.24, 2.45) is 0 Å². The molecular formula is C17H18BrNO2. The van der Waals surface area contributed by atoms with Crippen molar-refractivity contribution >= 4 is 27.3 Å². The third-order valence-electron chi connectivity index (χ3n) is 3.69. The standard InChI is InChI=1S/C17H18BrNO2/c1-12(20)14-8-7-13(11-15(14)18)19-9-4-10-21-17-6-3-2-5-16(17)19/h2-3,5-8,11-12,20H,4,9-10H2,1H3/t12-/m1/s1. The second-order valence-corrected chi connectivity index (χ2v) is 6.06. The molecule has 0 saturated carbocycles. The van der Waals surface area contributed by atoms with Crippen LogP contribution in [0.5, 0.6) is 5.75 Å². The number of aliphatic hydroxyl groups excluding tert-OH is 1. The Balaban J connectivity index is 2.02. The number of ether oxygens (including phenoxy) is 1. The first-order chi connectivity index (χ1) is 10.2. The summed E-state index contributed by atoms with van der Waals surface area (Å²) in [7, 11) is 0. The van der Waals surface area contributed by atoms with Gasteiger partial charge in [0.15, 0.2) is 0 Å². The SMILES string of the molecule is C[C@@H](O)c1ccc(N2CCCOc3ccccc32)cc1Br. The van der Waals surface area contributed by atoms with E-state index in [0.717, 1.165) is 46.7 Å². The first kappa shape index (κ1) is 14.4. The smallest absolute Gasteiger partial charge is 0.142 e. The van der Waals surface area contributed by atoms with E-state index in [1.807, 2.05) is 24.3 Å². The first-order valence-electron chi connectivity index (χ1n) is 7.13. The molecule has 1 aliphatic heterocycles. The molecule has 1 atom stereocenters. The second kappa shape index (κ2) is 6.08. The summed E-state index contributed by atoms with van der Waals surface area (Å²) in [6.45, 7) is 3.42. The summed E-state index contributed by atoms with van der Waals surface area (Å²) < 4.78 is 6.73. The Bertz CT molecular complexity index is 642. The van der Waals surface area contributed by atoms with Crippen molar-refractivity contribution in [1.82, 2.24) is 0 Å². The van der Waals surface area contributed by atoms with Gasteiger partial charge in [-0.05, 0) is 43.2 Å². The van der Waals surface area contributed by atoms with Gasteiger partial charge >= 0.3 is 0 Å². The lowest BCUT2D eigenvalue weighted by atomic mass is 10.1. The molecule has 21 heavy (non-hydrogen) atoms. The molecule has 1 aliphatic rings. The topological polar surface area (TPSA) is 32.7 Å². The molecule has 2 aromatic carbocycles. The maximum absolute atomic E-state index is 9.74. The average molecular weight is 348 g/mol. The van der Waals surface area contributed by atoms with Crippen molar-refractivity contribution in [2.75, 3.05) is 18.1 Å². The van der Waals surface area contributed by atoms with Crippen LogP contribution in [-0.4, -0.2) is 18.3 Å². The van der Waals surface area contributed by atoms with Crippen molar-refractivity contribution in [2.45, 2.75) is 19.4 Å². The van der Waals surface area contributed by atoms with E-state index in [1.165, 1.54) is 0 Å². The highest BCUT2D eigenvalue weighted by atomic mass is 79.9. The largest absolute Gasteiger partial charge is 0.491 e. The van der Waals surface area contributed by atoms with Crippen molar-refractivity contribution < 1.29 is 9.84 Å². The van der Waals surface area contributed by atoms with Gasteiger partial charge in [0.2, 0.25) is 0 Å². The van der Waals surface area contributed by atoms with Crippen LogP contribution in [0.1, 0.15) is 25.0 Å². The van der Waals surface area contributed by atoms with Gasteiger partial charge in [-0.1, -0.05) is 34.1 Å². The summed E-state index contributed by atoms with van der Waals surface area (Å²) in [6.07, 6.45) is 0.498. The predicted octanol–water partition coefficient (Wildman–Crippen LogP) is 4.42. The van der Waals surface area contributed by atoms with Crippen LogP contribution in [0.25, 0.3) is 0 Å². The molecule has 0 fully saturated rings. The third kappa shape index (κ3) is 2.92. The second-order valence-electron chi connectivity index (χ2n) is 5.20. The van der Waals surface area contributed by atoms with Crippen molar-refractivity contribution in [3.63, 3.8) is 0 Å². The number of para-hydroxylation sites is 2. The van der Waals surface area contributed by atoms with Crippen LogP contribution >= 0.6 is 15.9 Å². The van der Waals surface area contributed by atoms with E-state index in [-0.39, 0.29) is 0 Å². The molecule has 0 aliphatic carbocycles. The third-order valence-corrected chi connectivity index (χ3v) is 4.37. The van der Waals surface area contributed by atoms with Crippen molar-refractivity contribution in [1.29, 1.82) is 0 Å². The molecule has 0 spiro atoms. The van der Waals surface area contributed by atoms with Crippen LogP contribution in [0.2, 0.25) is 0 Å². The van der Waals surface area contributed by atoms with Gasteiger partial charge in [-0.3, -0.25) is 0 Å². The molecule has 0 bridgehead atoms. The zero-order valence-electron chi connectivity index (χ0n) is 11.9. The molecule has 4 heteroatoms. The van der Waals surface area contributed by atoms with Crippen LogP contribution in [0.3, 0.4) is 0 Å². The Morgan fingerprint density at radius 3 is 2.81 bits per heavy atom. The molecule has 3 rings (SSSR count). The molecule has 110 valence electrons. The lowest BCUT2D eigenvalue weighted by Gasteiger charge is -2.24. The summed E-state index contributed by atoms with van der Waals surface area (Å²) in [4.78, 5) is 2.26. The minimum atomic E-state index is -0.479. The predicted molar refractivity (Wildman–Crippen MR) is 88.3 cm³/mol. The Morgan fingerprint density at radius 1 is 1.24 bits per heavy atom. The number of rotatable bonds is 2. The highest BCUT2D eigenvalue weighted by Crippen LogP contribution is 2.37. The monoisotopic (exact) mass is 347 g/mol. The van der Waals surface area contributed by atoms with Gasteiger partial charge in [-0.15, -0.1) is 0 Å². The van der Waals surface area contributed by atoms with Gasteiger partial charge in [0, 0.05) is 16.7 Å². The Morgan fingerprint density at radius 2 is 2.05 bits per heavy atom. The maximum Gasteiger partial charge on any atom is 0.142 e. The lowest BCUT2D eigenvalue weighted by molar-refractivity contribution is 0.198. The van der Waals surface area contributed by atoms with E-state index in [9.17, 15) is 5.11 Å². The zero-order valence-corrected chi connectivity index (χ0v) is 13.5. The van der Waals surface area contributed by atoms with Crippen molar-refractivity contribution in [3.8, 4) is 5.75 Å². The number of hydrogen-bond acceptors (Lipinski definition) is 3. The molecule has 0 aromatic heterocycles. The van der Waals surface area contributed by atoms with Crippen LogP contribution in [0.15, 0.2) is 46.9 Å². The summed E-state index contributed by atoms with van der Waals surface area (Å²) >= 11 is 3.56. The van der Waals surface area contributed by atoms with Gasteiger partial charge in [0.1, 0.15) is 5.75 Å². The van der Waals surface area contributed by atoms with Gasteiger partial charge < -0.3 is 14.7 Å². The fourth-order valence-corrected chi connectivity index (χ4v) is 3.32. The number of fused-ring (bicyclic) bond motifs is 1. The number of halogens is 1. The lowest BCUT2D eigenvalue weighted by Crippen LogP contribution is -2.17. The first-order valence-corrected chi connectivity index (χ1v) is 7.93. The van der Waals surface area contributed by atoms with Crippen LogP contribution in [0.4, 0.5) is 11.4 Å². The van der Waals surface area contributed by atoms with E-state index < -0.39 is 6.10 Å². The molecule has 0 radical (unpaired) electrons. The number of benzene rings is 2. The molecule has 0 saturated heterocycles. The van der Waals surface area contributed by atoms with E-state index in [1.54, 1.807) is 6.92 Å². The molecule has 3 nitrogen and oxygen atoms in total. The van der Waals surface area contributed by atoms with Crippen LogP contribution < -0.4 is 9.64 Å². The molecule has 0 unspecified atom stereocenters.